The van der Waals surface area contributed by atoms with E-state index in [9.17, 15) is 18.0 Å². The Labute approximate surface area is 151 Å². The zero-order chi connectivity index (χ0) is 18.7. The second-order valence-corrected chi connectivity index (χ2v) is 6.59. The molecule has 0 spiro atoms. The first kappa shape index (κ1) is 18.5. The first-order chi connectivity index (χ1) is 12.5. The highest BCUT2D eigenvalue weighted by atomic mass is 19.2. The van der Waals surface area contributed by atoms with Crippen molar-refractivity contribution in [2.75, 3.05) is 26.2 Å². The average Bonchev–Trinajstić information content (AvgIpc) is 2.65. The quantitative estimate of drug-likeness (QED) is 0.778. The number of nitrogens with zero attached hydrogens (tertiary/aromatic N) is 2. The standard InChI is InChI=1S/C20H21F3N2O/c1-14-13-25(20(26)16-7-8-17(21)19(23)18(16)22)12-11-24(14)10-9-15-5-3-2-4-6-15/h2-8,14H,9-13H2,1H3. The van der Waals surface area contributed by atoms with Gasteiger partial charge in [-0.15, -0.1) is 0 Å². The van der Waals surface area contributed by atoms with E-state index in [1.54, 1.807) is 0 Å². The molecule has 3 rings (SSSR count). The third-order valence-electron chi connectivity index (χ3n) is 4.85. The molecule has 1 amide bonds. The molecule has 0 N–H and O–H groups in total. The zero-order valence-corrected chi connectivity index (χ0v) is 14.6. The fourth-order valence-electron chi connectivity index (χ4n) is 3.29. The van der Waals surface area contributed by atoms with Gasteiger partial charge in [0.2, 0.25) is 0 Å². The molecule has 0 aliphatic carbocycles. The van der Waals surface area contributed by atoms with Gasteiger partial charge in [0.05, 0.1) is 5.56 Å². The van der Waals surface area contributed by atoms with Crippen molar-refractivity contribution in [2.45, 2.75) is 19.4 Å². The molecule has 6 heteroatoms. The number of piperazine rings is 1. The highest BCUT2D eigenvalue weighted by Gasteiger charge is 2.29. The van der Waals surface area contributed by atoms with Gasteiger partial charge in [0, 0.05) is 32.2 Å². The van der Waals surface area contributed by atoms with Crippen molar-refractivity contribution in [1.29, 1.82) is 0 Å². The van der Waals surface area contributed by atoms with Crippen molar-refractivity contribution in [3.63, 3.8) is 0 Å². The van der Waals surface area contributed by atoms with Gasteiger partial charge >= 0.3 is 0 Å². The fraction of sp³-hybridized carbons (Fsp3) is 0.350. The van der Waals surface area contributed by atoms with Crippen LogP contribution in [0.5, 0.6) is 0 Å². The van der Waals surface area contributed by atoms with E-state index in [0.29, 0.717) is 19.6 Å². The van der Waals surface area contributed by atoms with Crippen LogP contribution in [0.2, 0.25) is 0 Å². The summed E-state index contributed by atoms with van der Waals surface area (Å²) in [6.07, 6.45) is 0.914. The van der Waals surface area contributed by atoms with Gasteiger partial charge in [0.25, 0.3) is 5.91 Å². The molecule has 2 aromatic carbocycles. The summed E-state index contributed by atoms with van der Waals surface area (Å²) < 4.78 is 40.3. The second kappa shape index (κ2) is 7.91. The van der Waals surface area contributed by atoms with Crippen LogP contribution >= 0.6 is 0 Å². The minimum atomic E-state index is -1.61. The lowest BCUT2D eigenvalue weighted by Crippen LogP contribution is -2.54. The van der Waals surface area contributed by atoms with Gasteiger partial charge in [-0.25, -0.2) is 13.2 Å². The van der Waals surface area contributed by atoms with Gasteiger partial charge in [-0.1, -0.05) is 30.3 Å². The molecular weight excluding hydrogens is 341 g/mol. The Balaban J connectivity index is 1.61. The van der Waals surface area contributed by atoms with Crippen LogP contribution in [0.25, 0.3) is 0 Å². The molecule has 1 atom stereocenters. The number of benzene rings is 2. The van der Waals surface area contributed by atoms with E-state index in [4.69, 9.17) is 0 Å². The van der Waals surface area contributed by atoms with Crippen molar-refractivity contribution in [1.82, 2.24) is 9.80 Å². The summed E-state index contributed by atoms with van der Waals surface area (Å²) in [5.41, 5.74) is 0.830. The van der Waals surface area contributed by atoms with Gasteiger partial charge in [-0.05, 0) is 31.0 Å². The minimum Gasteiger partial charge on any atom is -0.336 e. The Morgan fingerprint density at radius 2 is 1.77 bits per heavy atom. The van der Waals surface area contributed by atoms with E-state index in [1.807, 2.05) is 25.1 Å². The molecule has 0 saturated carbocycles. The van der Waals surface area contributed by atoms with E-state index in [-0.39, 0.29) is 6.04 Å². The Morgan fingerprint density at radius 1 is 1.04 bits per heavy atom. The maximum Gasteiger partial charge on any atom is 0.257 e. The smallest absolute Gasteiger partial charge is 0.257 e. The lowest BCUT2D eigenvalue weighted by Gasteiger charge is -2.40. The SMILES string of the molecule is CC1CN(C(=O)c2ccc(F)c(F)c2F)CCN1CCc1ccccc1. The van der Waals surface area contributed by atoms with Gasteiger partial charge < -0.3 is 4.90 Å². The van der Waals surface area contributed by atoms with E-state index >= 15 is 0 Å². The molecule has 0 aromatic heterocycles. The zero-order valence-electron chi connectivity index (χ0n) is 14.6. The second-order valence-electron chi connectivity index (χ2n) is 6.59. The molecule has 1 aliphatic heterocycles. The number of carbonyl (C=O) groups is 1. The highest BCUT2D eigenvalue weighted by Crippen LogP contribution is 2.19. The highest BCUT2D eigenvalue weighted by molar-refractivity contribution is 5.94. The molecule has 1 heterocycles. The van der Waals surface area contributed by atoms with Crippen molar-refractivity contribution in [3.8, 4) is 0 Å². The first-order valence-corrected chi connectivity index (χ1v) is 8.68. The van der Waals surface area contributed by atoms with Crippen molar-refractivity contribution < 1.29 is 18.0 Å². The summed E-state index contributed by atoms with van der Waals surface area (Å²) in [6.45, 7) is 4.38. The van der Waals surface area contributed by atoms with Crippen molar-refractivity contribution in [3.05, 3.63) is 71.0 Å². The summed E-state index contributed by atoms with van der Waals surface area (Å²) in [4.78, 5) is 16.3. The van der Waals surface area contributed by atoms with Gasteiger partial charge in [-0.3, -0.25) is 9.69 Å². The average molecular weight is 362 g/mol. The summed E-state index contributed by atoms with van der Waals surface area (Å²) in [5.74, 6) is -4.92. The van der Waals surface area contributed by atoms with Crippen molar-refractivity contribution in [2.24, 2.45) is 0 Å². The molecule has 2 aromatic rings. The molecule has 1 aliphatic rings. The Hall–Kier alpha value is -2.34. The van der Waals surface area contributed by atoms with E-state index in [2.05, 4.69) is 17.0 Å². The third-order valence-corrected chi connectivity index (χ3v) is 4.85. The molecule has 1 unspecified atom stereocenters. The summed E-state index contributed by atoms with van der Waals surface area (Å²) in [5, 5.41) is 0. The van der Waals surface area contributed by atoms with E-state index < -0.39 is 28.9 Å². The van der Waals surface area contributed by atoms with Crippen LogP contribution < -0.4 is 0 Å². The van der Waals surface area contributed by atoms with Crippen LogP contribution in [0, 0.1) is 17.5 Å². The van der Waals surface area contributed by atoms with Crippen LogP contribution in [0.1, 0.15) is 22.8 Å². The topological polar surface area (TPSA) is 23.6 Å². The minimum absolute atomic E-state index is 0.102. The molecule has 138 valence electrons. The predicted molar refractivity (Wildman–Crippen MR) is 93.4 cm³/mol. The van der Waals surface area contributed by atoms with Crippen LogP contribution in [0.15, 0.2) is 42.5 Å². The molecule has 0 radical (unpaired) electrons. The molecule has 1 fully saturated rings. The Kier molecular flexibility index (Phi) is 5.61. The molecule has 0 bridgehead atoms. The first-order valence-electron chi connectivity index (χ1n) is 8.68. The number of halogens is 3. The maximum absolute atomic E-state index is 13.9. The fourth-order valence-corrected chi connectivity index (χ4v) is 3.29. The Bertz CT molecular complexity index is 782. The van der Waals surface area contributed by atoms with Crippen LogP contribution in [0.4, 0.5) is 13.2 Å². The van der Waals surface area contributed by atoms with Crippen molar-refractivity contribution >= 4 is 5.91 Å². The molecule has 1 saturated heterocycles. The largest absolute Gasteiger partial charge is 0.336 e. The number of rotatable bonds is 4. The normalized spacial score (nSPS) is 18.2. The molecule has 3 nitrogen and oxygen atoms in total. The summed E-state index contributed by atoms with van der Waals surface area (Å²) in [6, 6.07) is 12.0. The Morgan fingerprint density at radius 3 is 2.46 bits per heavy atom. The van der Waals surface area contributed by atoms with Crippen LogP contribution in [-0.4, -0.2) is 47.9 Å². The number of hydrogen-bond donors (Lipinski definition) is 0. The maximum atomic E-state index is 13.9. The molecule has 26 heavy (non-hydrogen) atoms. The van der Waals surface area contributed by atoms with Gasteiger partial charge in [-0.2, -0.15) is 0 Å². The van der Waals surface area contributed by atoms with Gasteiger partial charge in [0.1, 0.15) is 0 Å². The molecular formula is C20H21F3N2O. The third kappa shape index (κ3) is 3.90. The predicted octanol–water partition coefficient (Wildman–Crippen LogP) is 3.49. The number of carbonyl (C=O) groups excluding carboxylic acids is 1. The summed E-state index contributed by atoms with van der Waals surface area (Å²) >= 11 is 0. The monoisotopic (exact) mass is 362 g/mol. The number of hydrogen-bond acceptors (Lipinski definition) is 2. The van der Waals surface area contributed by atoms with Crippen LogP contribution in [-0.2, 0) is 6.42 Å². The van der Waals surface area contributed by atoms with E-state index in [1.165, 1.54) is 10.5 Å². The summed E-state index contributed by atoms with van der Waals surface area (Å²) in [7, 11) is 0. The van der Waals surface area contributed by atoms with Crippen LogP contribution in [0.3, 0.4) is 0 Å². The number of amides is 1. The van der Waals surface area contributed by atoms with Gasteiger partial charge in [0.15, 0.2) is 17.5 Å². The lowest BCUT2D eigenvalue weighted by atomic mass is 10.1. The van der Waals surface area contributed by atoms with E-state index in [0.717, 1.165) is 25.1 Å². The lowest BCUT2D eigenvalue weighted by molar-refractivity contribution is 0.0512.